The van der Waals surface area contributed by atoms with Gasteiger partial charge in [-0.2, -0.15) is 0 Å². The number of aromatic nitrogens is 4. The number of carbonyl (C=O) groups is 1. The molecule has 9 nitrogen and oxygen atoms in total. The van der Waals surface area contributed by atoms with Gasteiger partial charge in [0.2, 0.25) is 0 Å². The van der Waals surface area contributed by atoms with Crippen molar-refractivity contribution >= 4 is 23.1 Å². The number of nitrogens with one attached hydrogen (secondary N) is 2. The summed E-state index contributed by atoms with van der Waals surface area (Å²) >= 11 is 0. The zero-order valence-corrected chi connectivity index (χ0v) is 22.5. The number of amides is 1. The van der Waals surface area contributed by atoms with Crippen molar-refractivity contribution in [3.8, 4) is 11.4 Å². The third-order valence-electron chi connectivity index (χ3n) is 8.22. The van der Waals surface area contributed by atoms with Crippen molar-refractivity contribution in [2.75, 3.05) is 32.6 Å². The molecule has 39 heavy (non-hydrogen) atoms. The van der Waals surface area contributed by atoms with E-state index in [2.05, 4.69) is 62.6 Å². The third kappa shape index (κ3) is 4.35. The van der Waals surface area contributed by atoms with Gasteiger partial charge < -0.3 is 20.3 Å². The Morgan fingerprint density at radius 3 is 2.79 bits per heavy atom. The standard InChI is InChI=1S/C30H33N7O2/c1-36(2)17-25-21(18-10-12-39-13-11-18)7-9-26(33-25)32-24-8-6-22(23-15-31-30(38)28(23)24)29-35-34-27-14-19-4-3-5-20(19)16-37(27)29/h6-9,14,16,18H,3-5,10-13,15,17H2,1-2H3,(H,31,38)(H,32,33). The lowest BCUT2D eigenvalue weighted by molar-refractivity contribution is 0.0849. The number of hydrogen-bond acceptors (Lipinski definition) is 7. The van der Waals surface area contributed by atoms with Gasteiger partial charge in [0.05, 0.1) is 16.9 Å². The molecule has 3 aromatic heterocycles. The Kier molecular flexibility index (Phi) is 6.05. The predicted molar refractivity (Wildman–Crippen MR) is 149 cm³/mol. The van der Waals surface area contributed by atoms with Crippen LogP contribution in [0.4, 0.5) is 11.5 Å². The summed E-state index contributed by atoms with van der Waals surface area (Å²) < 4.78 is 7.66. The first-order valence-electron chi connectivity index (χ1n) is 13.9. The molecule has 0 saturated carbocycles. The first kappa shape index (κ1) is 24.2. The minimum Gasteiger partial charge on any atom is -0.381 e. The quantitative estimate of drug-likeness (QED) is 0.391. The van der Waals surface area contributed by atoms with Crippen LogP contribution in [0.2, 0.25) is 0 Å². The van der Waals surface area contributed by atoms with Crippen molar-refractivity contribution < 1.29 is 9.53 Å². The smallest absolute Gasteiger partial charge is 0.254 e. The van der Waals surface area contributed by atoms with Crippen molar-refractivity contribution in [1.29, 1.82) is 0 Å². The maximum atomic E-state index is 13.1. The van der Waals surface area contributed by atoms with E-state index in [1.807, 2.05) is 18.2 Å². The number of nitrogens with zero attached hydrogens (tertiary/aromatic N) is 5. The maximum Gasteiger partial charge on any atom is 0.254 e. The first-order valence-corrected chi connectivity index (χ1v) is 13.9. The molecule has 7 rings (SSSR count). The molecule has 0 atom stereocenters. The summed E-state index contributed by atoms with van der Waals surface area (Å²) in [6.07, 6.45) is 7.57. The Labute approximate surface area is 227 Å². The lowest BCUT2D eigenvalue weighted by Crippen LogP contribution is -2.19. The summed E-state index contributed by atoms with van der Waals surface area (Å²) in [6.45, 7) is 2.80. The number of pyridine rings is 2. The highest BCUT2D eigenvalue weighted by molar-refractivity contribution is 6.05. The lowest BCUT2D eigenvalue weighted by atomic mass is 9.90. The van der Waals surface area contributed by atoms with E-state index in [9.17, 15) is 4.79 Å². The van der Waals surface area contributed by atoms with Crippen molar-refractivity contribution in [3.63, 3.8) is 0 Å². The number of aryl methyl sites for hydroxylation is 2. The fraction of sp³-hybridized carbons (Fsp3) is 0.400. The van der Waals surface area contributed by atoms with Crippen molar-refractivity contribution in [2.45, 2.75) is 51.1 Å². The molecule has 9 heteroatoms. The summed E-state index contributed by atoms with van der Waals surface area (Å²) in [5.41, 5.74) is 9.20. The number of rotatable bonds is 6. The molecular weight excluding hydrogens is 490 g/mol. The molecule has 1 aliphatic carbocycles. The highest BCUT2D eigenvalue weighted by Gasteiger charge is 2.29. The SMILES string of the molecule is CN(C)Cc1nc(Nc2ccc(-c3nnc4cc5c(cn34)CCC5)c3c2C(=O)NC3)ccc1C1CCOCC1. The zero-order valence-electron chi connectivity index (χ0n) is 22.5. The number of anilines is 2. The van der Waals surface area contributed by atoms with Gasteiger partial charge in [-0.3, -0.25) is 9.20 Å². The lowest BCUT2D eigenvalue weighted by Gasteiger charge is -2.25. The Morgan fingerprint density at radius 1 is 1.10 bits per heavy atom. The summed E-state index contributed by atoms with van der Waals surface area (Å²) in [6, 6.07) is 10.4. The number of hydrogen-bond donors (Lipinski definition) is 2. The minimum atomic E-state index is -0.0867. The first-order chi connectivity index (χ1) is 19.0. The second kappa shape index (κ2) is 9.73. The van der Waals surface area contributed by atoms with E-state index in [0.717, 1.165) is 85.2 Å². The van der Waals surface area contributed by atoms with Crippen LogP contribution in [0.25, 0.3) is 17.0 Å². The molecule has 1 saturated heterocycles. The molecule has 5 heterocycles. The van der Waals surface area contributed by atoms with Gasteiger partial charge >= 0.3 is 0 Å². The number of ether oxygens (including phenoxy) is 1. The van der Waals surface area contributed by atoms with Crippen LogP contribution in [0.1, 0.15) is 63.5 Å². The van der Waals surface area contributed by atoms with Gasteiger partial charge in [-0.05, 0) is 98.6 Å². The highest BCUT2D eigenvalue weighted by atomic mass is 16.5. The Morgan fingerprint density at radius 2 is 1.95 bits per heavy atom. The summed E-state index contributed by atoms with van der Waals surface area (Å²) in [4.78, 5) is 20.2. The second-order valence-corrected chi connectivity index (χ2v) is 11.1. The van der Waals surface area contributed by atoms with Gasteiger partial charge in [0.25, 0.3) is 5.91 Å². The van der Waals surface area contributed by atoms with Crippen LogP contribution < -0.4 is 10.6 Å². The molecule has 200 valence electrons. The maximum absolute atomic E-state index is 13.1. The molecule has 2 aliphatic heterocycles. The molecular formula is C30H33N7O2. The molecule has 0 unspecified atom stereocenters. The van der Waals surface area contributed by atoms with Gasteiger partial charge in [-0.25, -0.2) is 4.98 Å². The van der Waals surface area contributed by atoms with Crippen LogP contribution in [0, 0.1) is 0 Å². The van der Waals surface area contributed by atoms with E-state index in [0.29, 0.717) is 18.0 Å². The summed E-state index contributed by atoms with van der Waals surface area (Å²) in [5, 5.41) is 15.5. The van der Waals surface area contributed by atoms with E-state index in [-0.39, 0.29) is 5.91 Å². The Hall–Kier alpha value is -3.82. The van der Waals surface area contributed by atoms with Crippen LogP contribution in [0.3, 0.4) is 0 Å². The van der Waals surface area contributed by atoms with Crippen LogP contribution in [-0.4, -0.2) is 57.7 Å². The Bertz CT molecular complexity index is 1590. The number of benzene rings is 1. The summed E-state index contributed by atoms with van der Waals surface area (Å²) in [5.74, 6) is 1.88. The van der Waals surface area contributed by atoms with Crippen LogP contribution in [0.5, 0.6) is 0 Å². The fourth-order valence-electron chi connectivity index (χ4n) is 6.31. The third-order valence-corrected chi connectivity index (χ3v) is 8.22. The molecule has 2 N–H and O–H groups in total. The topological polar surface area (TPSA) is 96.7 Å². The fourth-order valence-corrected chi connectivity index (χ4v) is 6.31. The number of carbonyl (C=O) groups excluding carboxylic acids is 1. The van der Waals surface area contributed by atoms with Crippen LogP contribution >= 0.6 is 0 Å². The molecule has 0 spiro atoms. The highest BCUT2D eigenvalue weighted by Crippen LogP contribution is 2.36. The van der Waals surface area contributed by atoms with Gasteiger partial charge in [-0.15, -0.1) is 10.2 Å². The van der Waals surface area contributed by atoms with Crippen molar-refractivity contribution in [2.24, 2.45) is 0 Å². The minimum absolute atomic E-state index is 0.0867. The van der Waals surface area contributed by atoms with Crippen LogP contribution in [-0.2, 0) is 30.7 Å². The zero-order chi connectivity index (χ0) is 26.5. The molecule has 0 bridgehead atoms. The van der Waals surface area contributed by atoms with Gasteiger partial charge in [0, 0.05) is 38.1 Å². The van der Waals surface area contributed by atoms with E-state index in [1.54, 1.807) is 0 Å². The monoisotopic (exact) mass is 523 g/mol. The van der Waals surface area contributed by atoms with Gasteiger partial charge in [0.15, 0.2) is 11.5 Å². The molecule has 1 aromatic carbocycles. The molecule has 0 radical (unpaired) electrons. The van der Waals surface area contributed by atoms with Crippen molar-refractivity contribution in [3.05, 3.63) is 70.0 Å². The number of fused-ring (bicyclic) bond motifs is 3. The van der Waals surface area contributed by atoms with E-state index in [1.165, 1.54) is 23.1 Å². The van der Waals surface area contributed by atoms with E-state index in [4.69, 9.17) is 9.72 Å². The molecule has 3 aliphatic rings. The van der Waals surface area contributed by atoms with E-state index < -0.39 is 0 Å². The average Bonchev–Trinajstić information content (AvgIpc) is 3.67. The van der Waals surface area contributed by atoms with E-state index >= 15 is 0 Å². The molecule has 1 fully saturated rings. The molecule has 4 aromatic rings. The Balaban J connectivity index is 1.25. The largest absolute Gasteiger partial charge is 0.381 e. The predicted octanol–water partition coefficient (Wildman–Crippen LogP) is 4.22. The van der Waals surface area contributed by atoms with Crippen LogP contribution in [0.15, 0.2) is 36.5 Å². The summed E-state index contributed by atoms with van der Waals surface area (Å²) in [7, 11) is 4.13. The second-order valence-electron chi connectivity index (χ2n) is 11.1. The molecule has 1 amide bonds. The van der Waals surface area contributed by atoms with Crippen molar-refractivity contribution in [1.82, 2.24) is 29.8 Å². The van der Waals surface area contributed by atoms with Gasteiger partial charge in [0.1, 0.15) is 5.82 Å². The van der Waals surface area contributed by atoms with Gasteiger partial charge in [-0.1, -0.05) is 6.07 Å². The average molecular weight is 524 g/mol. The normalized spacial score (nSPS) is 17.1.